The van der Waals surface area contributed by atoms with Crippen molar-refractivity contribution in [3.8, 4) is 11.5 Å². The van der Waals surface area contributed by atoms with E-state index in [1.165, 1.54) is 36.8 Å². The van der Waals surface area contributed by atoms with E-state index in [0.717, 1.165) is 22.6 Å². The van der Waals surface area contributed by atoms with Crippen molar-refractivity contribution < 1.29 is 4.74 Å². The molecule has 0 saturated heterocycles. The molecule has 0 unspecified atom stereocenters. The van der Waals surface area contributed by atoms with Crippen LogP contribution in [0.5, 0.6) is 11.5 Å². The molecule has 2 nitrogen and oxygen atoms in total. The first kappa shape index (κ1) is 13.2. The van der Waals surface area contributed by atoms with Gasteiger partial charge < -0.3 is 10.5 Å². The molecule has 0 bridgehead atoms. The van der Waals surface area contributed by atoms with Crippen molar-refractivity contribution in [1.82, 2.24) is 0 Å². The molecule has 0 aliphatic heterocycles. The number of rotatable bonds is 3. The number of hydrogen-bond acceptors (Lipinski definition) is 2. The highest BCUT2D eigenvalue weighted by atomic mass is 16.5. The molecule has 20 heavy (non-hydrogen) atoms. The zero-order chi connectivity index (χ0) is 13.9. The molecular formula is C18H21NO. The Balaban J connectivity index is 1.87. The van der Waals surface area contributed by atoms with E-state index in [9.17, 15) is 0 Å². The quantitative estimate of drug-likeness (QED) is 0.907. The monoisotopic (exact) mass is 267 g/mol. The number of nitrogens with two attached hydrogens (primary N) is 1. The average Bonchev–Trinajstić information content (AvgIpc) is 2.49. The summed E-state index contributed by atoms with van der Waals surface area (Å²) in [6.07, 6.45) is 4.98. The highest BCUT2D eigenvalue weighted by Crippen LogP contribution is 2.30. The van der Waals surface area contributed by atoms with Gasteiger partial charge >= 0.3 is 0 Å². The Kier molecular flexibility index (Phi) is 3.75. The van der Waals surface area contributed by atoms with E-state index in [-0.39, 0.29) is 0 Å². The first-order chi connectivity index (χ1) is 9.76. The molecule has 0 spiro atoms. The highest BCUT2D eigenvalue weighted by molar-refractivity contribution is 5.43. The van der Waals surface area contributed by atoms with E-state index in [4.69, 9.17) is 10.5 Å². The number of aryl methyl sites for hydroxylation is 3. The van der Waals surface area contributed by atoms with Gasteiger partial charge in [0.2, 0.25) is 0 Å². The van der Waals surface area contributed by atoms with Gasteiger partial charge in [0.15, 0.2) is 0 Å². The zero-order valence-corrected chi connectivity index (χ0v) is 12.0. The molecule has 0 atom stereocenters. The summed E-state index contributed by atoms with van der Waals surface area (Å²) < 4.78 is 6.06. The Morgan fingerprint density at radius 2 is 1.80 bits per heavy atom. The minimum Gasteiger partial charge on any atom is -0.457 e. The second kappa shape index (κ2) is 5.68. The average molecular weight is 267 g/mol. The van der Waals surface area contributed by atoms with Crippen molar-refractivity contribution in [3.63, 3.8) is 0 Å². The molecular weight excluding hydrogens is 246 g/mol. The fourth-order valence-electron chi connectivity index (χ4n) is 2.78. The van der Waals surface area contributed by atoms with Gasteiger partial charge in [0.05, 0.1) is 0 Å². The number of benzene rings is 2. The predicted molar refractivity (Wildman–Crippen MR) is 82.2 cm³/mol. The van der Waals surface area contributed by atoms with Gasteiger partial charge in [-0.05, 0) is 73.1 Å². The van der Waals surface area contributed by atoms with Crippen molar-refractivity contribution >= 4 is 0 Å². The lowest BCUT2D eigenvalue weighted by Crippen LogP contribution is -2.02. The second-order valence-corrected chi connectivity index (χ2v) is 5.54. The van der Waals surface area contributed by atoms with Crippen molar-refractivity contribution in [2.75, 3.05) is 0 Å². The maximum atomic E-state index is 6.06. The van der Waals surface area contributed by atoms with Gasteiger partial charge in [-0.15, -0.1) is 0 Å². The lowest BCUT2D eigenvalue weighted by molar-refractivity contribution is 0.476. The fraction of sp³-hybridized carbons (Fsp3) is 0.333. The molecule has 2 aromatic carbocycles. The Morgan fingerprint density at radius 3 is 2.60 bits per heavy atom. The van der Waals surface area contributed by atoms with Crippen LogP contribution in [-0.2, 0) is 19.4 Å². The molecule has 0 aromatic heterocycles. The Morgan fingerprint density at radius 1 is 1.00 bits per heavy atom. The van der Waals surface area contributed by atoms with Gasteiger partial charge in [-0.1, -0.05) is 18.2 Å². The van der Waals surface area contributed by atoms with E-state index >= 15 is 0 Å². The van der Waals surface area contributed by atoms with Crippen molar-refractivity contribution in [2.24, 2.45) is 5.73 Å². The summed E-state index contributed by atoms with van der Waals surface area (Å²) in [5, 5.41) is 0. The maximum Gasteiger partial charge on any atom is 0.130 e. The number of fused-ring (bicyclic) bond motifs is 1. The van der Waals surface area contributed by atoms with Gasteiger partial charge in [0.1, 0.15) is 11.5 Å². The smallest absolute Gasteiger partial charge is 0.130 e. The Hall–Kier alpha value is -1.80. The van der Waals surface area contributed by atoms with Crippen LogP contribution in [-0.4, -0.2) is 0 Å². The van der Waals surface area contributed by atoms with Crippen molar-refractivity contribution in [2.45, 2.75) is 39.2 Å². The molecule has 1 aliphatic rings. The fourth-order valence-corrected chi connectivity index (χ4v) is 2.78. The molecule has 2 aromatic rings. The highest BCUT2D eigenvalue weighted by Gasteiger charge is 2.11. The maximum absolute atomic E-state index is 6.06. The predicted octanol–water partition coefficient (Wildman–Crippen LogP) is 4.12. The van der Waals surface area contributed by atoms with Gasteiger partial charge in [-0.3, -0.25) is 0 Å². The van der Waals surface area contributed by atoms with Crippen LogP contribution in [0.1, 0.15) is 35.1 Å². The van der Waals surface area contributed by atoms with Crippen LogP contribution >= 0.6 is 0 Å². The molecule has 104 valence electrons. The van der Waals surface area contributed by atoms with E-state index < -0.39 is 0 Å². The van der Waals surface area contributed by atoms with Crippen LogP contribution < -0.4 is 10.5 Å². The van der Waals surface area contributed by atoms with Gasteiger partial charge in [-0.25, -0.2) is 0 Å². The third kappa shape index (κ3) is 2.70. The number of hydrogen-bond donors (Lipinski definition) is 1. The van der Waals surface area contributed by atoms with Crippen LogP contribution in [0.15, 0.2) is 36.4 Å². The number of ether oxygens (including phenoxy) is 1. The molecule has 3 rings (SSSR count). The summed E-state index contributed by atoms with van der Waals surface area (Å²) in [5.74, 6) is 1.84. The lowest BCUT2D eigenvalue weighted by atomic mass is 9.92. The van der Waals surface area contributed by atoms with E-state index in [0.29, 0.717) is 6.54 Å². The van der Waals surface area contributed by atoms with Crippen molar-refractivity contribution in [3.05, 3.63) is 58.7 Å². The summed E-state index contributed by atoms with van der Waals surface area (Å²) in [6.45, 7) is 2.61. The van der Waals surface area contributed by atoms with Gasteiger partial charge in [0.25, 0.3) is 0 Å². The Labute approximate surface area is 120 Å². The van der Waals surface area contributed by atoms with Crippen LogP contribution in [0.25, 0.3) is 0 Å². The normalized spacial score (nSPS) is 13.9. The summed E-state index contributed by atoms with van der Waals surface area (Å²) in [7, 11) is 0. The van der Waals surface area contributed by atoms with E-state index in [1.807, 2.05) is 6.07 Å². The molecule has 2 heteroatoms. The molecule has 0 amide bonds. The third-order valence-corrected chi connectivity index (χ3v) is 4.04. The first-order valence-electron chi connectivity index (χ1n) is 7.35. The van der Waals surface area contributed by atoms with Crippen molar-refractivity contribution in [1.29, 1.82) is 0 Å². The molecule has 0 radical (unpaired) electrons. The summed E-state index contributed by atoms with van der Waals surface area (Å²) in [6, 6.07) is 12.6. The summed E-state index contributed by atoms with van der Waals surface area (Å²) in [5.41, 5.74) is 10.9. The Bertz CT molecular complexity index is 619. The minimum atomic E-state index is 0.542. The topological polar surface area (TPSA) is 35.2 Å². The largest absolute Gasteiger partial charge is 0.457 e. The van der Waals surface area contributed by atoms with Gasteiger partial charge in [-0.2, -0.15) is 0 Å². The van der Waals surface area contributed by atoms with Gasteiger partial charge in [0, 0.05) is 6.54 Å². The van der Waals surface area contributed by atoms with Crippen LogP contribution in [0.4, 0.5) is 0 Å². The molecule has 0 fully saturated rings. The summed E-state index contributed by atoms with van der Waals surface area (Å²) in [4.78, 5) is 0. The van der Waals surface area contributed by atoms with E-state index in [1.54, 1.807) is 0 Å². The zero-order valence-electron chi connectivity index (χ0n) is 12.0. The van der Waals surface area contributed by atoms with E-state index in [2.05, 4.69) is 37.3 Å². The minimum absolute atomic E-state index is 0.542. The lowest BCUT2D eigenvalue weighted by Gasteiger charge is -2.17. The van der Waals surface area contributed by atoms with Crippen LogP contribution in [0.3, 0.4) is 0 Å². The molecule has 2 N–H and O–H groups in total. The molecule has 1 aliphatic carbocycles. The SMILES string of the molecule is Cc1ccc(CN)cc1Oc1ccc2c(c1)CCCC2. The standard InChI is InChI=1S/C18H21NO/c1-13-6-7-14(12-19)10-18(13)20-17-9-8-15-4-2-3-5-16(15)11-17/h6-11H,2-5,12,19H2,1H3. The first-order valence-corrected chi connectivity index (χ1v) is 7.35. The second-order valence-electron chi connectivity index (χ2n) is 5.54. The summed E-state index contributed by atoms with van der Waals surface area (Å²) >= 11 is 0. The third-order valence-electron chi connectivity index (χ3n) is 4.04. The van der Waals surface area contributed by atoms with Crippen LogP contribution in [0.2, 0.25) is 0 Å². The van der Waals surface area contributed by atoms with Crippen LogP contribution in [0, 0.1) is 6.92 Å². The molecule has 0 saturated carbocycles. The molecule has 0 heterocycles.